The van der Waals surface area contributed by atoms with Crippen molar-refractivity contribution < 1.29 is 22.9 Å². The van der Waals surface area contributed by atoms with Crippen LogP contribution in [0.25, 0.3) is 0 Å². The molecule has 4 rings (SSSR count). The van der Waals surface area contributed by atoms with Crippen molar-refractivity contribution in [2.24, 2.45) is 0 Å². The quantitative estimate of drug-likeness (QED) is 0.739. The zero-order valence-corrected chi connectivity index (χ0v) is 16.7. The lowest BCUT2D eigenvalue weighted by atomic mass is 9.92. The molecular weight excluding hydrogens is 404 g/mol. The second-order valence-corrected chi connectivity index (χ2v) is 8.94. The van der Waals surface area contributed by atoms with Crippen molar-refractivity contribution in [3.8, 4) is 0 Å². The van der Waals surface area contributed by atoms with E-state index in [1.807, 2.05) is 6.92 Å². The van der Waals surface area contributed by atoms with Crippen LogP contribution in [0.3, 0.4) is 0 Å². The van der Waals surface area contributed by atoms with Crippen molar-refractivity contribution >= 4 is 23.0 Å². The topological polar surface area (TPSA) is 93.4 Å². The highest BCUT2D eigenvalue weighted by Gasteiger charge is 2.36. The SMILES string of the molecule is CCc1nnn(CC2CN(c3cc(F)c(C4CC[S+](O)CC4)c(F)c3)C(=O)O2)n1. The Kier molecular flexibility index (Phi) is 5.68. The smallest absolute Gasteiger partial charge is 0.414 e. The number of anilines is 1. The predicted molar refractivity (Wildman–Crippen MR) is 103 cm³/mol. The lowest BCUT2D eigenvalue weighted by Crippen LogP contribution is -2.27. The van der Waals surface area contributed by atoms with Crippen LogP contribution in [0.4, 0.5) is 19.3 Å². The summed E-state index contributed by atoms with van der Waals surface area (Å²) in [6.45, 7) is 2.25. The molecule has 156 valence electrons. The van der Waals surface area contributed by atoms with Gasteiger partial charge in [-0.15, -0.1) is 10.2 Å². The molecule has 11 heteroatoms. The molecule has 29 heavy (non-hydrogen) atoms. The van der Waals surface area contributed by atoms with E-state index in [0.717, 1.165) is 0 Å². The van der Waals surface area contributed by atoms with Crippen molar-refractivity contribution in [3.63, 3.8) is 0 Å². The van der Waals surface area contributed by atoms with Gasteiger partial charge in [0.05, 0.1) is 12.2 Å². The monoisotopic (exact) mass is 426 g/mol. The van der Waals surface area contributed by atoms with Crippen LogP contribution in [0, 0.1) is 11.6 Å². The summed E-state index contributed by atoms with van der Waals surface area (Å²) in [5.74, 6) is 0.0901. The predicted octanol–water partition coefficient (Wildman–Crippen LogP) is 2.51. The molecule has 8 nitrogen and oxygen atoms in total. The molecule has 2 fully saturated rings. The van der Waals surface area contributed by atoms with E-state index in [9.17, 15) is 18.1 Å². The van der Waals surface area contributed by atoms with Gasteiger partial charge in [-0.25, -0.2) is 13.6 Å². The molecule has 1 amide bonds. The molecule has 2 aliphatic heterocycles. The Labute approximate surface area is 169 Å². The molecule has 0 spiro atoms. The van der Waals surface area contributed by atoms with Gasteiger partial charge in [0.25, 0.3) is 0 Å². The molecule has 2 aliphatic rings. The molecule has 0 bridgehead atoms. The Morgan fingerprint density at radius 2 is 1.97 bits per heavy atom. The number of carbonyl (C=O) groups excluding carboxylic acids is 1. The van der Waals surface area contributed by atoms with E-state index in [1.165, 1.54) is 21.8 Å². The fourth-order valence-electron chi connectivity index (χ4n) is 3.71. The van der Waals surface area contributed by atoms with Gasteiger partial charge in [0, 0.05) is 24.8 Å². The number of amides is 1. The summed E-state index contributed by atoms with van der Waals surface area (Å²) >= 11 is -0.660. The number of nitrogens with zero attached hydrogens (tertiary/aromatic N) is 5. The first kappa shape index (κ1) is 20.0. The fraction of sp³-hybridized carbons (Fsp3) is 0.556. The molecule has 1 atom stereocenters. The van der Waals surface area contributed by atoms with Gasteiger partial charge < -0.3 is 4.74 Å². The zero-order valence-electron chi connectivity index (χ0n) is 15.9. The van der Waals surface area contributed by atoms with E-state index < -0.39 is 35.0 Å². The van der Waals surface area contributed by atoms with Crippen LogP contribution < -0.4 is 4.90 Å². The number of cyclic esters (lactones) is 1. The summed E-state index contributed by atoms with van der Waals surface area (Å²) in [5, 5.41) is 11.9. The number of tetrazole rings is 1. The standard InChI is InChI=1S/C18H22F2N5O3S/c1-2-16-21-23-25(22-16)10-13-9-24(18(26)28-13)12-7-14(19)17(15(20)8-12)11-3-5-29(27)6-4-11/h7-8,11,13,27H,2-6,9-10H2,1H3/q+1. The lowest BCUT2D eigenvalue weighted by Gasteiger charge is -2.22. The van der Waals surface area contributed by atoms with Crippen molar-refractivity contribution in [3.05, 3.63) is 35.2 Å². The number of ether oxygens (including phenoxy) is 1. The van der Waals surface area contributed by atoms with Gasteiger partial charge in [-0.1, -0.05) is 6.92 Å². The summed E-state index contributed by atoms with van der Waals surface area (Å²) < 4.78 is 44.4. The first-order valence-electron chi connectivity index (χ1n) is 9.55. The van der Waals surface area contributed by atoms with E-state index in [4.69, 9.17) is 4.74 Å². The molecule has 3 heterocycles. The minimum absolute atomic E-state index is 0.0356. The van der Waals surface area contributed by atoms with Gasteiger partial charge in [0.1, 0.15) is 47.0 Å². The molecule has 0 aliphatic carbocycles. The van der Waals surface area contributed by atoms with Gasteiger partial charge in [0.2, 0.25) is 0 Å². The third-order valence-corrected chi connectivity index (χ3v) is 6.65. The van der Waals surface area contributed by atoms with Gasteiger partial charge >= 0.3 is 6.09 Å². The van der Waals surface area contributed by atoms with Crippen molar-refractivity contribution in [1.82, 2.24) is 20.2 Å². The van der Waals surface area contributed by atoms with Gasteiger partial charge in [0.15, 0.2) is 5.82 Å². The van der Waals surface area contributed by atoms with E-state index in [1.54, 1.807) is 0 Å². The third kappa shape index (κ3) is 4.20. The maximum absolute atomic E-state index is 14.7. The molecular formula is C18H22F2N5O3S+. The lowest BCUT2D eigenvalue weighted by molar-refractivity contribution is 0.126. The summed E-state index contributed by atoms with van der Waals surface area (Å²) in [5.41, 5.74) is 0.156. The maximum Gasteiger partial charge on any atom is 0.414 e. The molecule has 1 aromatic carbocycles. The number of hydrogen-bond acceptors (Lipinski definition) is 6. The Morgan fingerprint density at radius 3 is 2.59 bits per heavy atom. The third-order valence-electron chi connectivity index (χ3n) is 5.24. The van der Waals surface area contributed by atoms with Crippen LogP contribution in [-0.4, -0.2) is 55.0 Å². The maximum atomic E-state index is 14.7. The van der Waals surface area contributed by atoms with Crippen LogP contribution in [0.5, 0.6) is 0 Å². The van der Waals surface area contributed by atoms with E-state index in [2.05, 4.69) is 15.4 Å². The van der Waals surface area contributed by atoms with E-state index in [0.29, 0.717) is 36.6 Å². The number of halogens is 2. The highest BCUT2D eigenvalue weighted by molar-refractivity contribution is 7.91. The number of hydrogen-bond donors (Lipinski definition) is 1. The molecule has 2 aromatic rings. The van der Waals surface area contributed by atoms with Crippen molar-refractivity contribution in [2.45, 2.75) is 44.8 Å². The second-order valence-electron chi connectivity index (χ2n) is 7.20. The molecule has 1 N–H and O–H groups in total. The summed E-state index contributed by atoms with van der Waals surface area (Å²) in [4.78, 5) is 14.8. The molecule has 1 aromatic heterocycles. The number of carbonyl (C=O) groups is 1. The van der Waals surface area contributed by atoms with Crippen LogP contribution in [0.15, 0.2) is 12.1 Å². The first-order valence-corrected chi connectivity index (χ1v) is 11.1. The molecule has 0 radical (unpaired) electrons. The fourth-order valence-corrected chi connectivity index (χ4v) is 5.03. The Morgan fingerprint density at radius 1 is 1.28 bits per heavy atom. The van der Waals surface area contributed by atoms with Crippen molar-refractivity contribution in [2.75, 3.05) is 23.0 Å². The normalized spacial score (nSPS) is 24.8. The number of rotatable bonds is 5. The Balaban J connectivity index is 1.48. The first-order chi connectivity index (χ1) is 13.9. The highest BCUT2D eigenvalue weighted by atomic mass is 32.2. The highest BCUT2D eigenvalue weighted by Crippen LogP contribution is 2.35. The number of aryl methyl sites for hydroxylation is 1. The van der Waals surface area contributed by atoms with E-state index in [-0.39, 0.29) is 30.3 Å². The average molecular weight is 426 g/mol. The average Bonchev–Trinajstić information content (AvgIpc) is 3.29. The van der Waals surface area contributed by atoms with Gasteiger partial charge in [-0.3, -0.25) is 4.90 Å². The van der Waals surface area contributed by atoms with Gasteiger partial charge in [-0.05, 0) is 23.3 Å². The second kappa shape index (κ2) is 8.23. The van der Waals surface area contributed by atoms with Crippen LogP contribution in [0.2, 0.25) is 0 Å². The van der Waals surface area contributed by atoms with Crippen molar-refractivity contribution in [1.29, 1.82) is 0 Å². The van der Waals surface area contributed by atoms with Gasteiger partial charge in [-0.2, -0.15) is 9.35 Å². The van der Waals surface area contributed by atoms with Crippen LogP contribution in [0.1, 0.15) is 37.1 Å². The summed E-state index contributed by atoms with van der Waals surface area (Å²) in [6, 6.07) is 2.36. The van der Waals surface area contributed by atoms with E-state index >= 15 is 0 Å². The molecule has 0 saturated carbocycles. The summed E-state index contributed by atoms with van der Waals surface area (Å²) in [6.07, 6.45) is 0.519. The largest absolute Gasteiger partial charge is 0.442 e. The zero-order chi connectivity index (χ0) is 20.5. The minimum atomic E-state index is -0.675. The summed E-state index contributed by atoms with van der Waals surface area (Å²) in [7, 11) is 0. The Hall–Kier alpha value is -2.27. The molecule has 1 unspecified atom stereocenters. The van der Waals surface area contributed by atoms with Crippen LogP contribution >= 0.6 is 0 Å². The minimum Gasteiger partial charge on any atom is -0.442 e. The number of benzene rings is 1. The van der Waals surface area contributed by atoms with Crippen LogP contribution in [-0.2, 0) is 28.9 Å². The Bertz CT molecular complexity index is 880. The molecule has 2 saturated heterocycles. The number of aromatic nitrogens is 4.